The van der Waals surface area contributed by atoms with Crippen LogP contribution in [0.3, 0.4) is 0 Å². The van der Waals surface area contributed by atoms with Gasteiger partial charge in [-0.05, 0) is 27.5 Å². The van der Waals surface area contributed by atoms with Gasteiger partial charge < -0.3 is 4.43 Å². The predicted octanol–water partition coefficient (Wildman–Crippen LogP) is 4.42. The van der Waals surface area contributed by atoms with Gasteiger partial charge in [0.2, 0.25) is 0 Å². The van der Waals surface area contributed by atoms with Crippen molar-refractivity contribution in [2.75, 3.05) is 13.2 Å². The summed E-state index contributed by atoms with van der Waals surface area (Å²) < 4.78 is 6.81. The van der Waals surface area contributed by atoms with Gasteiger partial charge in [0, 0.05) is 6.54 Å². The standard InChI is InChI=1S/C28H29NO3Si/c1-28(2,3)33(22-14-6-4-7-15-22,23-16-8-5-9-17-23)32-21-13-12-20-29-26(30)24-18-10-11-19-25(24)27(29)31/h4-19H,20-21H2,1-3H3. The van der Waals surface area contributed by atoms with E-state index in [0.29, 0.717) is 17.7 Å². The molecule has 3 aromatic carbocycles. The van der Waals surface area contributed by atoms with Gasteiger partial charge in [-0.3, -0.25) is 14.5 Å². The lowest BCUT2D eigenvalue weighted by molar-refractivity contribution is 0.0671. The Morgan fingerprint density at radius 2 is 1.18 bits per heavy atom. The van der Waals surface area contributed by atoms with E-state index in [2.05, 4.69) is 69.3 Å². The fourth-order valence-electron chi connectivity index (χ4n) is 4.59. The second-order valence-corrected chi connectivity index (χ2v) is 13.5. The molecule has 168 valence electrons. The zero-order valence-electron chi connectivity index (χ0n) is 19.3. The number of carbonyl (C=O) groups is 2. The fourth-order valence-corrected chi connectivity index (χ4v) is 9.09. The van der Waals surface area contributed by atoms with Gasteiger partial charge in [-0.2, -0.15) is 0 Å². The van der Waals surface area contributed by atoms with Crippen LogP contribution in [0.25, 0.3) is 0 Å². The number of nitrogens with zero attached hydrogens (tertiary/aromatic N) is 1. The summed E-state index contributed by atoms with van der Waals surface area (Å²) in [6.45, 7) is 7.35. The maximum atomic E-state index is 12.6. The van der Waals surface area contributed by atoms with Gasteiger partial charge in [0.15, 0.2) is 0 Å². The largest absolute Gasteiger partial charge is 0.404 e. The summed E-state index contributed by atoms with van der Waals surface area (Å²) in [6, 6.07) is 27.9. The number of amides is 2. The van der Waals surface area contributed by atoms with Crippen LogP contribution in [0.5, 0.6) is 0 Å². The molecule has 2 amide bonds. The van der Waals surface area contributed by atoms with Gasteiger partial charge in [-0.15, -0.1) is 0 Å². The highest BCUT2D eigenvalue weighted by molar-refractivity contribution is 6.99. The summed E-state index contributed by atoms with van der Waals surface area (Å²) in [4.78, 5) is 26.4. The lowest BCUT2D eigenvalue weighted by Gasteiger charge is -2.42. The second kappa shape index (κ2) is 9.30. The van der Waals surface area contributed by atoms with E-state index < -0.39 is 8.32 Å². The summed E-state index contributed by atoms with van der Waals surface area (Å²) in [7, 11) is -2.61. The van der Waals surface area contributed by atoms with Crippen molar-refractivity contribution < 1.29 is 14.0 Å². The van der Waals surface area contributed by atoms with Gasteiger partial charge in [0.05, 0.1) is 17.7 Å². The maximum Gasteiger partial charge on any atom is 0.261 e. The van der Waals surface area contributed by atoms with Crippen LogP contribution >= 0.6 is 0 Å². The summed E-state index contributed by atoms with van der Waals surface area (Å²) >= 11 is 0. The molecule has 3 aromatic rings. The molecular weight excluding hydrogens is 426 g/mol. The van der Waals surface area contributed by atoms with E-state index in [4.69, 9.17) is 4.43 Å². The molecule has 0 unspecified atom stereocenters. The minimum absolute atomic E-state index is 0.105. The molecule has 4 rings (SSSR count). The summed E-state index contributed by atoms with van der Waals surface area (Å²) in [5.41, 5.74) is 0.943. The average molecular weight is 456 g/mol. The Kier molecular flexibility index (Phi) is 6.45. The molecular formula is C28H29NO3Si. The van der Waals surface area contributed by atoms with E-state index in [1.807, 2.05) is 24.3 Å². The Morgan fingerprint density at radius 1 is 0.727 bits per heavy atom. The van der Waals surface area contributed by atoms with Gasteiger partial charge in [-0.1, -0.05) is 106 Å². The first-order chi connectivity index (χ1) is 15.9. The smallest absolute Gasteiger partial charge is 0.261 e. The molecule has 0 saturated carbocycles. The quantitative estimate of drug-likeness (QED) is 0.301. The van der Waals surface area contributed by atoms with Crippen LogP contribution in [0.1, 0.15) is 41.5 Å². The topological polar surface area (TPSA) is 46.6 Å². The molecule has 0 bridgehead atoms. The molecule has 0 aliphatic carbocycles. The summed E-state index contributed by atoms with van der Waals surface area (Å²) in [5, 5.41) is 2.33. The highest BCUT2D eigenvalue weighted by atomic mass is 28.4. The average Bonchev–Trinajstić information content (AvgIpc) is 3.06. The fraction of sp³-hybridized carbons (Fsp3) is 0.214. The molecule has 0 spiro atoms. The van der Waals surface area contributed by atoms with E-state index >= 15 is 0 Å². The van der Waals surface area contributed by atoms with Gasteiger partial charge in [-0.25, -0.2) is 0 Å². The number of rotatable bonds is 7. The first-order valence-corrected chi connectivity index (χ1v) is 13.1. The number of hydrogen-bond donors (Lipinski definition) is 0. The van der Waals surface area contributed by atoms with Gasteiger partial charge in [0.25, 0.3) is 20.1 Å². The van der Waals surface area contributed by atoms with Crippen LogP contribution < -0.4 is 10.4 Å². The van der Waals surface area contributed by atoms with Crippen molar-refractivity contribution in [1.29, 1.82) is 0 Å². The number of imide groups is 1. The predicted molar refractivity (Wildman–Crippen MR) is 135 cm³/mol. The van der Waals surface area contributed by atoms with Crippen LogP contribution in [-0.2, 0) is 4.43 Å². The van der Waals surface area contributed by atoms with Gasteiger partial charge in [0.1, 0.15) is 0 Å². The third kappa shape index (κ3) is 4.22. The molecule has 5 heteroatoms. The van der Waals surface area contributed by atoms with Crippen molar-refractivity contribution in [3.63, 3.8) is 0 Å². The van der Waals surface area contributed by atoms with Crippen LogP contribution in [0.4, 0.5) is 0 Å². The van der Waals surface area contributed by atoms with E-state index in [0.717, 1.165) is 0 Å². The minimum Gasteiger partial charge on any atom is -0.404 e. The molecule has 1 aliphatic rings. The molecule has 1 aliphatic heterocycles. The van der Waals surface area contributed by atoms with E-state index in [9.17, 15) is 9.59 Å². The number of fused-ring (bicyclic) bond motifs is 1. The Labute approximate surface area is 196 Å². The van der Waals surface area contributed by atoms with Crippen molar-refractivity contribution >= 4 is 30.5 Å². The van der Waals surface area contributed by atoms with Crippen molar-refractivity contribution in [3.8, 4) is 0 Å². The van der Waals surface area contributed by atoms with Crippen LogP contribution in [0.15, 0.2) is 97.1 Å². The van der Waals surface area contributed by atoms with Crippen molar-refractivity contribution in [2.45, 2.75) is 25.8 Å². The van der Waals surface area contributed by atoms with E-state index in [1.165, 1.54) is 15.3 Å². The van der Waals surface area contributed by atoms with Crippen molar-refractivity contribution in [3.05, 3.63) is 108 Å². The normalized spacial score (nSPS) is 14.2. The van der Waals surface area contributed by atoms with E-state index in [-0.39, 0.29) is 23.4 Å². The maximum absolute atomic E-state index is 12.6. The molecule has 1 heterocycles. The SMILES string of the molecule is CC(C)(C)[Si](OCC=CCN1C(=O)c2ccccc2C1=O)(c1ccccc1)c1ccccc1. The Hall–Kier alpha value is -3.28. The lowest BCUT2D eigenvalue weighted by Crippen LogP contribution is -2.66. The molecule has 0 saturated heterocycles. The molecule has 0 N–H and O–H groups in total. The highest BCUT2D eigenvalue weighted by Gasteiger charge is 2.49. The molecule has 33 heavy (non-hydrogen) atoms. The number of benzene rings is 3. The third-order valence-electron chi connectivity index (χ3n) is 6.15. The first kappa shape index (κ1) is 22.9. The Morgan fingerprint density at radius 3 is 1.64 bits per heavy atom. The number of carbonyl (C=O) groups excluding carboxylic acids is 2. The molecule has 0 fully saturated rings. The second-order valence-electron chi connectivity index (χ2n) is 9.21. The Bertz CT molecular complexity index is 1090. The third-order valence-corrected chi connectivity index (χ3v) is 11.2. The highest BCUT2D eigenvalue weighted by Crippen LogP contribution is 2.36. The summed E-state index contributed by atoms with van der Waals surface area (Å²) in [5.74, 6) is -0.485. The van der Waals surface area contributed by atoms with Crippen molar-refractivity contribution in [1.82, 2.24) is 4.90 Å². The molecule has 0 atom stereocenters. The van der Waals surface area contributed by atoms with E-state index in [1.54, 1.807) is 24.3 Å². The zero-order chi connectivity index (χ0) is 23.5. The lowest BCUT2D eigenvalue weighted by atomic mass is 10.1. The van der Waals surface area contributed by atoms with Gasteiger partial charge >= 0.3 is 0 Å². The van der Waals surface area contributed by atoms with Crippen LogP contribution in [0, 0.1) is 0 Å². The molecule has 0 aromatic heterocycles. The van der Waals surface area contributed by atoms with Crippen LogP contribution in [-0.4, -0.2) is 38.2 Å². The molecule has 0 radical (unpaired) electrons. The zero-order valence-corrected chi connectivity index (χ0v) is 20.3. The number of hydrogen-bond acceptors (Lipinski definition) is 3. The monoisotopic (exact) mass is 455 g/mol. The Balaban J connectivity index is 1.55. The summed E-state index contributed by atoms with van der Waals surface area (Å²) in [6.07, 6.45) is 3.77. The first-order valence-electron chi connectivity index (χ1n) is 11.2. The minimum atomic E-state index is -2.61. The van der Waals surface area contributed by atoms with Crippen molar-refractivity contribution in [2.24, 2.45) is 0 Å². The molecule has 4 nitrogen and oxygen atoms in total. The van der Waals surface area contributed by atoms with Crippen LogP contribution in [0.2, 0.25) is 5.04 Å².